The predicted molar refractivity (Wildman–Crippen MR) is 126 cm³/mol. The van der Waals surface area contributed by atoms with Gasteiger partial charge in [0.1, 0.15) is 17.2 Å². The predicted octanol–water partition coefficient (Wildman–Crippen LogP) is 3.72. The molecule has 3 aromatic rings. The molecule has 1 saturated carbocycles. The van der Waals surface area contributed by atoms with Crippen LogP contribution in [-0.2, 0) is 6.54 Å². The van der Waals surface area contributed by atoms with Crippen molar-refractivity contribution in [3.63, 3.8) is 0 Å². The van der Waals surface area contributed by atoms with Crippen molar-refractivity contribution < 1.29 is 14.3 Å². The van der Waals surface area contributed by atoms with E-state index in [1.54, 1.807) is 14.2 Å². The van der Waals surface area contributed by atoms with Crippen molar-refractivity contribution in [1.29, 1.82) is 0 Å². The maximum atomic E-state index is 13.5. The van der Waals surface area contributed by atoms with Gasteiger partial charge in [0.25, 0.3) is 5.91 Å². The zero-order valence-electron chi connectivity index (χ0n) is 19.2. The summed E-state index contributed by atoms with van der Waals surface area (Å²) in [5.74, 6) is 2.22. The molecule has 0 N–H and O–H groups in total. The molecule has 0 bridgehead atoms. The molecular weight excluding hydrogens is 416 g/mol. The first kappa shape index (κ1) is 21.5. The fourth-order valence-electron chi connectivity index (χ4n) is 4.41. The van der Waals surface area contributed by atoms with Crippen LogP contribution in [0.1, 0.15) is 40.5 Å². The topological polar surface area (TPSA) is 59.8 Å². The Hall–Kier alpha value is -3.32. The molecule has 1 amide bonds. The van der Waals surface area contributed by atoms with E-state index in [2.05, 4.69) is 4.90 Å². The summed E-state index contributed by atoms with van der Waals surface area (Å²) in [6, 6.07) is 17.8. The standard InChI is InChI=1S/C26H30N4O3/c1-32-22-10-11-25(33-2)20(16-22)18-28-12-14-29(15-13-28)26(31)24-17-23(19-8-9-19)27-30(24)21-6-4-3-5-7-21/h3-7,10-11,16-17,19H,8-9,12-15,18H2,1-2H3. The number of aromatic nitrogens is 2. The Morgan fingerprint density at radius 2 is 1.73 bits per heavy atom. The van der Waals surface area contributed by atoms with Gasteiger partial charge in [0.05, 0.1) is 25.6 Å². The second kappa shape index (κ2) is 9.27. The molecular formula is C26H30N4O3. The number of nitrogens with zero attached hydrogens (tertiary/aromatic N) is 4. The van der Waals surface area contributed by atoms with E-state index in [-0.39, 0.29) is 5.91 Å². The highest BCUT2D eigenvalue weighted by molar-refractivity contribution is 5.93. The molecule has 0 radical (unpaired) electrons. The first-order valence-electron chi connectivity index (χ1n) is 11.5. The van der Waals surface area contributed by atoms with E-state index in [0.29, 0.717) is 24.7 Å². The monoisotopic (exact) mass is 446 g/mol. The molecule has 2 fully saturated rings. The van der Waals surface area contributed by atoms with Crippen LogP contribution in [0.4, 0.5) is 0 Å². The number of ether oxygens (including phenoxy) is 2. The number of hydrogen-bond donors (Lipinski definition) is 0. The van der Waals surface area contributed by atoms with Crippen molar-refractivity contribution in [3.05, 3.63) is 71.5 Å². The lowest BCUT2D eigenvalue weighted by atomic mass is 10.1. The Bertz CT molecular complexity index is 1120. The number of amides is 1. The Kier molecular flexibility index (Phi) is 6.05. The number of carbonyl (C=O) groups is 1. The first-order valence-corrected chi connectivity index (χ1v) is 11.5. The van der Waals surface area contributed by atoms with Gasteiger partial charge in [-0.15, -0.1) is 0 Å². The molecule has 2 aromatic carbocycles. The van der Waals surface area contributed by atoms with Crippen LogP contribution in [0.25, 0.3) is 5.69 Å². The van der Waals surface area contributed by atoms with E-state index in [0.717, 1.165) is 60.9 Å². The number of carbonyl (C=O) groups excluding carboxylic acids is 1. The molecule has 7 heteroatoms. The number of methoxy groups -OCH3 is 2. The Morgan fingerprint density at radius 1 is 0.970 bits per heavy atom. The fraction of sp³-hybridized carbons (Fsp3) is 0.385. The quantitative estimate of drug-likeness (QED) is 0.554. The molecule has 2 heterocycles. The van der Waals surface area contributed by atoms with E-state index >= 15 is 0 Å². The van der Waals surface area contributed by atoms with Gasteiger partial charge in [0, 0.05) is 44.2 Å². The van der Waals surface area contributed by atoms with Gasteiger partial charge in [-0.1, -0.05) is 18.2 Å². The van der Waals surface area contributed by atoms with E-state index in [9.17, 15) is 4.79 Å². The van der Waals surface area contributed by atoms with Crippen LogP contribution in [0.5, 0.6) is 11.5 Å². The lowest BCUT2D eigenvalue weighted by Crippen LogP contribution is -2.48. The summed E-state index contributed by atoms with van der Waals surface area (Å²) in [6.07, 6.45) is 2.32. The van der Waals surface area contributed by atoms with Crippen molar-refractivity contribution in [3.8, 4) is 17.2 Å². The lowest BCUT2D eigenvalue weighted by molar-refractivity contribution is 0.0618. The summed E-state index contributed by atoms with van der Waals surface area (Å²) in [5, 5.41) is 4.80. The molecule has 7 nitrogen and oxygen atoms in total. The summed E-state index contributed by atoms with van der Waals surface area (Å²) in [5.41, 5.74) is 3.71. The molecule has 1 saturated heterocycles. The maximum Gasteiger partial charge on any atom is 0.272 e. The van der Waals surface area contributed by atoms with Crippen LogP contribution in [-0.4, -0.2) is 65.9 Å². The van der Waals surface area contributed by atoms with Crippen LogP contribution in [0.2, 0.25) is 0 Å². The Morgan fingerprint density at radius 3 is 2.39 bits per heavy atom. The highest BCUT2D eigenvalue weighted by atomic mass is 16.5. The van der Waals surface area contributed by atoms with E-state index < -0.39 is 0 Å². The molecule has 2 aliphatic rings. The summed E-state index contributed by atoms with van der Waals surface area (Å²) < 4.78 is 12.7. The van der Waals surface area contributed by atoms with Crippen molar-refractivity contribution in [1.82, 2.24) is 19.6 Å². The van der Waals surface area contributed by atoms with E-state index in [1.807, 2.05) is 64.2 Å². The first-order chi connectivity index (χ1) is 16.2. The maximum absolute atomic E-state index is 13.5. The zero-order chi connectivity index (χ0) is 22.8. The second-order valence-corrected chi connectivity index (χ2v) is 8.72. The van der Waals surface area contributed by atoms with Gasteiger partial charge in [-0.3, -0.25) is 9.69 Å². The average Bonchev–Trinajstić information content (AvgIpc) is 3.62. The van der Waals surface area contributed by atoms with Crippen LogP contribution < -0.4 is 9.47 Å². The summed E-state index contributed by atoms with van der Waals surface area (Å²) >= 11 is 0. The van der Waals surface area contributed by atoms with Crippen molar-refractivity contribution >= 4 is 5.91 Å². The number of benzene rings is 2. The second-order valence-electron chi connectivity index (χ2n) is 8.72. The minimum atomic E-state index is 0.0527. The largest absolute Gasteiger partial charge is 0.497 e. The third-order valence-corrected chi connectivity index (χ3v) is 6.48. The minimum absolute atomic E-state index is 0.0527. The van der Waals surface area contributed by atoms with E-state index in [1.165, 1.54) is 0 Å². The smallest absolute Gasteiger partial charge is 0.272 e. The highest BCUT2D eigenvalue weighted by Gasteiger charge is 2.31. The van der Waals surface area contributed by atoms with Gasteiger partial charge in [-0.25, -0.2) is 4.68 Å². The molecule has 1 aliphatic heterocycles. The van der Waals surface area contributed by atoms with Gasteiger partial charge in [-0.2, -0.15) is 5.10 Å². The van der Waals surface area contributed by atoms with Crippen LogP contribution >= 0.6 is 0 Å². The molecule has 0 atom stereocenters. The Labute approximate surface area is 194 Å². The highest BCUT2D eigenvalue weighted by Crippen LogP contribution is 2.40. The zero-order valence-corrected chi connectivity index (χ0v) is 19.2. The molecule has 1 aromatic heterocycles. The summed E-state index contributed by atoms with van der Waals surface area (Å²) in [4.78, 5) is 17.8. The molecule has 33 heavy (non-hydrogen) atoms. The van der Waals surface area contributed by atoms with Crippen molar-refractivity contribution in [2.75, 3.05) is 40.4 Å². The SMILES string of the molecule is COc1ccc(OC)c(CN2CCN(C(=O)c3cc(C4CC4)nn3-c3ccccc3)CC2)c1. The van der Waals surface area contributed by atoms with E-state index in [4.69, 9.17) is 14.6 Å². The number of rotatable bonds is 7. The minimum Gasteiger partial charge on any atom is -0.497 e. The molecule has 5 rings (SSSR count). The van der Waals surface area contributed by atoms with Crippen molar-refractivity contribution in [2.45, 2.75) is 25.3 Å². The average molecular weight is 447 g/mol. The number of piperazine rings is 1. The molecule has 1 aliphatic carbocycles. The van der Waals surface area contributed by atoms with Gasteiger partial charge >= 0.3 is 0 Å². The summed E-state index contributed by atoms with van der Waals surface area (Å²) in [6.45, 7) is 3.74. The van der Waals surface area contributed by atoms with Crippen LogP contribution in [0.15, 0.2) is 54.6 Å². The van der Waals surface area contributed by atoms with Gasteiger partial charge in [-0.05, 0) is 49.2 Å². The van der Waals surface area contributed by atoms with Gasteiger partial charge in [0.15, 0.2) is 0 Å². The Balaban J connectivity index is 1.29. The fourth-order valence-corrected chi connectivity index (χ4v) is 4.41. The van der Waals surface area contributed by atoms with Crippen LogP contribution in [0.3, 0.4) is 0 Å². The lowest BCUT2D eigenvalue weighted by Gasteiger charge is -2.35. The van der Waals surface area contributed by atoms with Gasteiger partial charge < -0.3 is 14.4 Å². The third kappa shape index (κ3) is 4.59. The van der Waals surface area contributed by atoms with Gasteiger partial charge in [0.2, 0.25) is 0 Å². The van der Waals surface area contributed by atoms with Crippen molar-refractivity contribution in [2.24, 2.45) is 0 Å². The number of para-hydroxylation sites is 1. The summed E-state index contributed by atoms with van der Waals surface area (Å²) in [7, 11) is 3.36. The number of hydrogen-bond acceptors (Lipinski definition) is 5. The third-order valence-electron chi connectivity index (χ3n) is 6.48. The normalized spacial score (nSPS) is 16.6. The molecule has 0 spiro atoms. The molecule has 172 valence electrons. The molecule has 0 unspecified atom stereocenters. The van der Waals surface area contributed by atoms with Crippen LogP contribution in [0, 0.1) is 0 Å².